The van der Waals surface area contributed by atoms with E-state index in [-0.39, 0.29) is 25.2 Å². The molecule has 0 bridgehead atoms. The number of hydrogen-bond donors (Lipinski definition) is 1. The Kier molecular flexibility index (Phi) is 48.9. The van der Waals surface area contributed by atoms with E-state index >= 15 is 0 Å². The predicted molar refractivity (Wildman–Crippen MR) is 256 cm³/mol. The summed E-state index contributed by atoms with van der Waals surface area (Å²) >= 11 is 0. The second-order valence-corrected chi connectivity index (χ2v) is 17.6. The first-order valence-electron chi connectivity index (χ1n) is 26.0. The van der Waals surface area contributed by atoms with Crippen LogP contribution < -0.4 is 0 Å². The van der Waals surface area contributed by atoms with Gasteiger partial charge in [0.05, 0.1) is 6.61 Å². The largest absolute Gasteiger partial charge is 0.462 e. The summed E-state index contributed by atoms with van der Waals surface area (Å²) in [6.07, 6.45) is 64.0. The van der Waals surface area contributed by atoms with Gasteiger partial charge in [0.15, 0.2) is 6.10 Å². The van der Waals surface area contributed by atoms with Crippen LogP contribution in [0.5, 0.6) is 0 Å². The third kappa shape index (κ3) is 48.7. The lowest BCUT2D eigenvalue weighted by Crippen LogP contribution is -2.28. The topological polar surface area (TPSA) is 72.8 Å². The number of rotatable bonds is 48. The van der Waals surface area contributed by atoms with Crippen LogP contribution in [-0.2, 0) is 19.1 Å². The molecule has 5 heteroatoms. The number of unbranched alkanes of at least 4 members (excludes halogenated alkanes) is 34. The molecule has 0 aliphatic heterocycles. The first-order chi connectivity index (χ1) is 29.1. The van der Waals surface area contributed by atoms with Crippen molar-refractivity contribution in [3.63, 3.8) is 0 Å². The van der Waals surface area contributed by atoms with E-state index in [0.29, 0.717) is 12.8 Å². The highest BCUT2D eigenvalue weighted by atomic mass is 16.6. The molecule has 0 aromatic heterocycles. The summed E-state index contributed by atoms with van der Waals surface area (Å²) in [4.78, 5) is 24.4. The first kappa shape index (κ1) is 57.1. The van der Waals surface area contributed by atoms with Gasteiger partial charge in [-0.25, -0.2) is 0 Å². The monoisotopic (exact) mass is 829 g/mol. The fourth-order valence-corrected chi connectivity index (χ4v) is 7.70. The van der Waals surface area contributed by atoms with Crippen LogP contribution in [0.1, 0.15) is 277 Å². The molecule has 1 atom stereocenters. The smallest absolute Gasteiger partial charge is 0.306 e. The number of carbonyl (C=O) groups excluding carboxylic acids is 2. The van der Waals surface area contributed by atoms with Crippen molar-refractivity contribution in [2.45, 2.75) is 283 Å². The summed E-state index contributed by atoms with van der Waals surface area (Å²) in [6, 6.07) is 0. The third-order valence-electron chi connectivity index (χ3n) is 11.7. The molecular formula is C54H100O5. The van der Waals surface area contributed by atoms with Crippen molar-refractivity contribution in [3.05, 3.63) is 36.5 Å². The van der Waals surface area contributed by atoms with Crippen LogP contribution in [0.4, 0.5) is 0 Å². The Morgan fingerprint density at radius 1 is 0.390 bits per heavy atom. The minimum absolute atomic E-state index is 0.0664. The van der Waals surface area contributed by atoms with Gasteiger partial charge in [-0.2, -0.15) is 0 Å². The van der Waals surface area contributed by atoms with E-state index in [1.807, 2.05) is 0 Å². The number of aliphatic hydroxyl groups is 1. The molecule has 0 spiro atoms. The highest BCUT2D eigenvalue weighted by Gasteiger charge is 2.16. The van der Waals surface area contributed by atoms with Crippen LogP contribution in [0.25, 0.3) is 0 Å². The van der Waals surface area contributed by atoms with E-state index in [0.717, 1.165) is 51.4 Å². The van der Waals surface area contributed by atoms with Gasteiger partial charge in [-0.1, -0.05) is 230 Å². The molecule has 0 aliphatic rings. The summed E-state index contributed by atoms with van der Waals surface area (Å²) < 4.78 is 10.7. The lowest BCUT2D eigenvalue weighted by Gasteiger charge is -2.15. The molecule has 59 heavy (non-hydrogen) atoms. The van der Waals surface area contributed by atoms with Gasteiger partial charge in [-0.05, 0) is 70.6 Å². The molecular weight excluding hydrogens is 729 g/mol. The minimum Gasteiger partial charge on any atom is -0.462 e. The Labute approximate surface area is 367 Å². The zero-order valence-electron chi connectivity index (χ0n) is 39.5. The molecule has 0 saturated heterocycles. The molecule has 0 aromatic carbocycles. The van der Waals surface area contributed by atoms with Crippen molar-refractivity contribution >= 4 is 11.9 Å². The molecule has 0 rings (SSSR count). The van der Waals surface area contributed by atoms with Gasteiger partial charge < -0.3 is 14.6 Å². The molecule has 0 amide bonds. The van der Waals surface area contributed by atoms with Crippen LogP contribution in [0.2, 0.25) is 0 Å². The molecule has 0 aromatic rings. The molecule has 0 aliphatic carbocycles. The van der Waals surface area contributed by atoms with Crippen molar-refractivity contribution in [3.8, 4) is 0 Å². The normalized spacial score (nSPS) is 12.4. The van der Waals surface area contributed by atoms with Crippen LogP contribution in [0, 0.1) is 0 Å². The zero-order chi connectivity index (χ0) is 42.8. The van der Waals surface area contributed by atoms with Crippen molar-refractivity contribution in [1.29, 1.82) is 0 Å². The summed E-state index contributed by atoms with van der Waals surface area (Å²) in [6.45, 7) is 4.14. The van der Waals surface area contributed by atoms with E-state index in [9.17, 15) is 14.7 Å². The predicted octanol–water partition coefficient (Wildman–Crippen LogP) is 17.1. The molecule has 1 N–H and O–H groups in total. The maximum absolute atomic E-state index is 12.3. The van der Waals surface area contributed by atoms with Crippen molar-refractivity contribution < 1.29 is 24.2 Å². The third-order valence-corrected chi connectivity index (χ3v) is 11.7. The second-order valence-electron chi connectivity index (χ2n) is 17.6. The average molecular weight is 829 g/mol. The number of esters is 2. The first-order valence-corrected chi connectivity index (χ1v) is 26.0. The maximum atomic E-state index is 12.3. The fraction of sp³-hybridized carbons (Fsp3) is 0.852. The highest BCUT2D eigenvalue weighted by molar-refractivity contribution is 5.70. The van der Waals surface area contributed by atoms with E-state index in [1.54, 1.807) is 0 Å². The van der Waals surface area contributed by atoms with Crippen molar-refractivity contribution in [2.24, 2.45) is 0 Å². The fourth-order valence-electron chi connectivity index (χ4n) is 7.70. The minimum atomic E-state index is -0.772. The van der Waals surface area contributed by atoms with Crippen LogP contribution in [0.3, 0.4) is 0 Å². The number of allylic oxidation sites excluding steroid dienone is 6. The van der Waals surface area contributed by atoms with Gasteiger partial charge in [-0.15, -0.1) is 0 Å². The molecule has 0 radical (unpaired) electrons. The van der Waals surface area contributed by atoms with Gasteiger partial charge in [-0.3, -0.25) is 9.59 Å². The van der Waals surface area contributed by atoms with E-state index < -0.39 is 6.10 Å². The lowest BCUT2D eigenvalue weighted by molar-refractivity contribution is -0.161. The Balaban J connectivity index is 3.43. The molecule has 5 nitrogen and oxygen atoms in total. The number of ether oxygens (including phenoxy) is 2. The van der Waals surface area contributed by atoms with Crippen LogP contribution in [-0.4, -0.2) is 36.4 Å². The quantitative estimate of drug-likeness (QED) is 0.0376. The summed E-state index contributed by atoms with van der Waals surface area (Å²) in [5, 5.41) is 9.61. The van der Waals surface area contributed by atoms with Crippen LogP contribution >= 0.6 is 0 Å². The van der Waals surface area contributed by atoms with E-state index in [4.69, 9.17) is 9.47 Å². The Morgan fingerprint density at radius 3 is 1.02 bits per heavy atom. The van der Waals surface area contributed by atoms with Crippen molar-refractivity contribution in [2.75, 3.05) is 13.2 Å². The molecule has 346 valence electrons. The van der Waals surface area contributed by atoms with E-state index in [2.05, 4.69) is 50.3 Å². The van der Waals surface area contributed by atoms with Crippen molar-refractivity contribution in [1.82, 2.24) is 0 Å². The SMILES string of the molecule is CCCCCCC/C=C\C/C=C\CCCCCCCCCCCCCCCCCCCCCC(=O)OC(CO)COC(=O)CCCCCCC/C=C\CCCCCCC. The summed E-state index contributed by atoms with van der Waals surface area (Å²) in [5.41, 5.74) is 0. The zero-order valence-corrected chi connectivity index (χ0v) is 39.5. The number of carbonyl (C=O) groups is 2. The molecule has 0 saturated carbocycles. The van der Waals surface area contributed by atoms with Gasteiger partial charge >= 0.3 is 11.9 Å². The molecule has 0 fully saturated rings. The van der Waals surface area contributed by atoms with Crippen LogP contribution in [0.15, 0.2) is 36.5 Å². The number of aliphatic hydroxyl groups excluding tert-OH is 1. The Morgan fingerprint density at radius 2 is 0.678 bits per heavy atom. The Bertz CT molecular complexity index is 939. The second kappa shape index (κ2) is 50.5. The average Bonchev–Trinajstić information content (AvgIpc) is 3.24. The maximum Gasteiger partial charge on any atom is 0.306 e. The van der Waals surface area contributed by atoms with Gasteiger partial charge in [0.25, 0.3) is 0 Å². The molecule has 1 unspecified atom stereocenters. The molecule has 0 heterocycles. The highest BCUT2D eigenvalue weighted by Crippen LogP contribution is 2.16. The lowest BCUT2D eigenvalue weighted by atomic mass is 10.0. The van der Waals surface area contributed by atoms with Gasteiger partial charge in [0.2, 0.25) is 0 Å². The van der Waals surface area contributed by atoms with Gasteiger partial charge in [0, 0.05) is 12.8 Å². The van der Waals surface area contributed by atoms with Gasteiger partial charge in [0.1, 0.15) is 6.61 Å². The summed E-state index contributed by atoms with van der Waals surface area (Å²) in [5.74, 6) is -0.589. The summed E-state index contributed by atoms with van der Waals surface area (Å²) in [7, 11) is 0. The standard InChI is InChI=1S/C54H100O5/c1-3-5-7-9-11-13-15-17-19-20-21-22-23-24-25-26-27-28-29-30-31-32-33-34-35-37-39-41-43-45-47-49-54(57)59-52(50-55)51-58-53(56)48-46-44-42-40-38-36-18-16-14-12-10-8-6-4-2/h15-18,20-21,52,55H,3-14,19,22-51H2,1-2H3/b17-15-,18-16-,21-20-. The Hall–Kier alpha value is -1.88. The van der Waals surface area contributed by atoms with E-state index in [1.165, 1.54) is 199 Å². The number of hydrogen-bond acceptors (Lipinski definition) is 5.